The molecule has 0 bridgehead atoms. The van der Waals surface area contributed by atoms with Crippen molar-refractivity contribution >= 4 is 5.78 Å². The number of hydrogen-bond donors (Lipinski definition) is 1. The molecule has 1 rings (SSSR count). The van der Waals surface area contributed by atoms with Crippen LogP contribution in [0.1, 0.15) is 32.3 Å². The molecule has 0 saturated carbocycles. The van der Waals surface area contributed by atoms with E-state index in [4.69, 9.17) is 0 Å². The van der Waals surface area contributed by atoms with E-state index in [0.29, 0.717) is 6.42 Å². The van der Waals surface area contributed by atoms with Gasteiger partial charge in [0.1, 0.15) is 0 Å². The van der Waals surface area contributed by atoms with E-state index in [9.17, 15) is 9.90 Å². The summed E-state index contributed by atoms with van der Waals surface area (Å²) in [6.07, 6.45) is 2.71. The molecular weight excluding hydrogens is 212 g/mol. The maximum absolute atomic E-state index is 11.4. The number of hydrogen-bond acceptors (Lipinski definition) is 2. The Morgan fingerprint density at radius 3 is 2.53 bits per heavy atom. The molecule has 0 spiro atoms. The average molecular weight is 232 g/mol. The molecule has 2 nitrogen and oxygen atoms in total. The van der Waals surface area contributed by atoms with Gasteiger partial charge in [-0.05, 0) is 38.3 Å². The van der Waals surface area contributed by atoms with Gasteiger partial charge in [0.05, 0.1) is 6.10 Å². The fourth-order valence-corrected chi connectivity index (χ4v) is 1.69. The van der Waals surface area contributed by atoms with E-state index in [-0.39, 0.29) is 12.2 Å². The molecule has 0 aromatic heterocycles. The monoisotopic (exact) mass is 232 g/mol. The maximum atomic E-state index is 11.4. The standard InChI is InChI=1S/C15H20O2/c1-12(2)10-15(17)11-14(16)9-8-13-6-4-3-5-7-13/h3-7,10,14,16H,8-9,11H2,1-2H3/t14-/m1/s1. The maximum Gasteiger partial charge on any atom is 0.158 e. The third kappa shape index (κ3) is 6.03. The van der Waals surface area contributed by atoms with E-state index in [1.807, 2.05) is 44.2 Å². The molecule has 0 radical (unpaired) electrons. The minimum Gasteiger partial charge on any atom is -0.393 e. The molecule has 0 aliphatic carbocycles. The minimum atomic E-state index is -0.543. The van der Waals surface area contributed by atoms with E-state index in [1.54, 1.807) is 6.08 Å². The first-order chi connectivity index (χ1) is 8.08. The number of rotatable bonds is 6. The van der Waals surface area contributed by atoms with Crippen LogP contribution in [0.2, 0.25) is 0 Å². The summed E-state index contributed by atoms with van der Waals surface area (Å²) in [6.45, 7) is 3.77. The van der Waals surface area contributed by atoms with Crippen molar-refractivity contribution in [2.45, 2.75) is 39.2 Å². The highest BCUT2D eigenvalue weighted by Gasteiger charge is 2.08. The van der Waals surface area contributed by atoms with Gasteiger partial charge < -0.3 is 5.11 Å². The molecule has 1 atom stereocenters. The van der Waals surface area contributed by atoms with E-state index in [2.05, 4.69) is 0 Å². The minimum absolute atomic E-state index is 0.00515. The molecule has 1 aromatic carbocycles. The lowest BCUT2D eigenvalue weighted by Crippen LogP contribution is -2.13. The molecule has 0 heterocycles. The average Bonchev–Trinajstić information content (AvgIpc) is 2.26. The van der Waals surface area contributed by atoms with Gasteiger partial charge in [-0.1, -0.05) is 35.9 Å². The third-order valence-electron chi connectivity index (χ3n) is 2.50. The zero-order valence-electron chi connectivity index (χ0n) is 10.5. The van der Waals surface area contributed by atoms with Gasteiger partial charge in [-0.2, -0.15) is 0 Å². The Morgan fingerprint density at radius 1 is 1.29 bits per heavy atom. The molecule has 1 N–H and O–H groups in total. The molecular formula is C15H20O2. The normalized spacial score (nSPS) is 11.9. The second kappa shape index (κ2) is 7.02. The van der Waals surface area contributed by atoms with Crippen molar-refractivity contribution < 1.29 is 9.90 Å². The Hall–Kier alpha value is -1.41. The van der Waals surface area contributed by atoms with Crippen molar-refractivity contribution in [2.24, 2.45) is 0 Å². The molecule has 17 heavy (non-hydrogen) atoms. The van der Waals surface area contributed by atoms with Gasteiger partial charge in [-0.3, -0.25) is 4.79 Å². The fourth-order valence-electron chi connectivity index (χ4n) is 1.69. The number of carbonyl (C=O) groups excluding carboxylic acids is 1. The van der Waals surface area contributed by atoms with Crippen molar-refractivity contribution in [3.05, 3.63) is 47.5 Å². The highest BCUT2D eigenvalue weighted by atomic mass is 16.3. The summed E-state index contributed by atoms with van der Waals surface area (Å²) in [5.41, 5.74) is 2.17. The molecule has 0 aliphatic rings. The summed E-state index contributed by atoms with van der Waals surface area (Å²) in [5.74, 6) is 0.00515. The summed E-state index contributed by atoms with van der Waals surface area (Å²) in [6, 6.07) is 10.00. The number of benzene rings is 1. The Bertz CT molecular complexity index is 375. The van der Waals surface area contributed by atoms with Crippen molar-refractivity contribution in [3.8, 4) is 0 Å². The zero-order chi connectivity index (χ0) is 12.7. The van der Waals surface area contributed by atoms with Gasteiger partial charge in [0.15, 0.2) is 5.78 Å². The van der Waals surface area contributed by atoms with Gasteiger partial charge in [-0.25, -0.2) is 0 Å². The fraction of sp³-hybridized carbons (Fsp3) is 0.400. The highest BCUT2D eigenvalue weighted by molar-refractivity contribution is 5.90. The summed E-state index contributed by atoms with van der Waals surface area (Å²) in [5, 5.41) is 9.74. The molecule has 0 saturated heterocycles. The number of carbonyl (C=O) groups is 1. The van der Waals surface area contributed by atoms with Crippen LogP contribution in [0.15, 0.2) is 42.0 Å². The first-order valence-corrected chi connectivity index (χ1v) is 5.97. The van der Waals surface area contributed by atoms with Crippen molar-refractivity contribution in [1.29, 1.82) is 0 Å². The van der Waals surface area contributed by atoms with Crippen LogP contribution in [0, 0.1) is 0 Å². The molecule has 92 valence electrons. The first-order valence-electron chi connectivity index (χ1n) is 5.97. The van der Waals surface area contributed by atoms with Crippen LogP contribution in [0.25, 0.3) is 0 Å². The van der Waals surface area contributed by atoms with Crippen molar-refractivity contribution in [2.75, 3.05) is 0 Å². The zero-order valence-corrected chi connectivity index (χ0v) is 10.5. The predicted octanol–water partition coefficient (Wildman–Crippen LogP) is 2.91. The lowest BCUT2D eigenvalue weighted by atomic mass is 10.0. The Labute approximate surface area is 103 Å². The van der Waals surface area contributed by atoms with Gasteiger partial charge in [0.2, 0.25) is 0 Å². The number of allylic oxidation sites excluding steroid dienone is 2. The second-order valence-electron chi connectivity index (χ2n) is 4.57. The smallest absolute Gasteiger partial charge is 0.158 e. The van der Waals surface area contributed by atoms with Crippen LogP contribution >= 0.6 is 0 Å². The van der Waals surface area contributed by atoms with Crippen molar-refractivity contribution in [1.82, 2.24) is 0 Å². The predicted molar refractivity (Wildman–Crippen MR) is 69.8 cm³/mol. The van der Waals surface area contributed by atoms with Crippen LogP contribution in [0.4, 0.5) is 0 Å². The highest BCUT2D eigenvalue weighted by Crippen LogP contribution is 2.08. The van der Waals surface area contributed by atoms with Crippen LogP contribution in [0.5, 0.6) is 0 Å². The topological polar surface area (TPSA) is 37.3 Å². The molecule has 0 unspecified atom stereocenters. The Balaban J connectivity index is 2.33. The van der Waals surface area contributed by atoms with E-state index in [1.165, 1.54) is 5.56 Å². The molecule has 0 amide bonds. The number of aliphatic hydroxyl groups excluding tert-OH is 1. The summed E-state index contributed by atoms with van der Waals surface area (Å²) < 4.78 is 0. The van der Waals surface area contributed by atoms with Crippen LogP contribution in [0.3, 0.4) is 0 Å². The molecule has 1 aromatic rings. The van der Waals surface area contributed by atoms with Gasteiger partial charge in [0.25, 0.3) is 0 Å². The summed E-state index contributed by atoms with van der Waals surface area (Å²) in [4.78, 5) is 11.4. The Kier molecular flexibility index (Phi) is 5.64. The quantitative estimate of drug-likeness (QED) is 0.766. The Morgan fingerprint density at radius 2 is 1.94 bits per heavy atom. The number of ketones is 1. The SMILES string of the molecule is CC(C)=CC(=O)C[C@H](O)CCc1ccccc1. The van der Waals surface area contributed by atoms with Gasteiger partial charge >= 0.3 is 0 Å². The van der Waals surface area contributed by atoms with Crippen LogP contribution < -0.4 is 0 Å². The second-order valence-corrected chi connectivity index (χ2v) is 4.57. The van der Waals surface area contributed by atoms with Crippen LogP contribution in [-0.4, -0.2) is 17.0 Å². The number of aliphatic hydroxyl groups is 1. The molecule has 2 heteroatoms. The molecule has 0 fully saturated rings. The van der Waals surface area contributed by atoms with Gasteiger partial charge in [0, 0.05) is 6.42 Å². The van der Waals surface area contributed by atoms with E-state index < -0.39 is 6.10 Å². The van der Waals surface area contributed by atoms with Crippen LogP contribution in [-0.2, 0) is 11.2 Å². The largest absolute Gasteiger partial charge is 0.393 e. The lowest BCUT2D eigenvalue weighted by Gasteiger charge is -2.08. The van der Waals surface area contributed by atoms with Crippen molar-refractivity contribution in [3.63, 3.8) is 0 Å². The summed E-state index contributed by atoms with van der Waals surface area (Å²) >= 11 is 0. The summed E-state index contributed by atoms with van der Waals surface area (Å²) in [7, 11) is 0. The number of aryl methyl sites for hydroxylation is 1. The van der Waals surface area contributed by atoms with Gasteiger partial charge in [-0.15, -0.1) is 0 Å². The molecule has 0 aliphatic heterocycles. The lowest BCUT2D eigenvalue weighted by molar-refractivity contribution is -0.116. The van der Waals surface area contributed by atoms with E-state index in [0.717, 1.165) is 12.0 Å². The third-order valence-corrected chi connectivity index (χ3v) is 2.50. The van der Waals surface area contributed by atoms with E-state index >= 15 is 0 Å². The first kappa shape index (κ1) is 13.7.